The van der Waals surface area contributed by atoms with Crippen LogP contribution in [0.4, 0.5) is 27.8 Å². The van der Waals surface area contributed by atoms with Crippen molar-refractivity contribution in [3.63, 3.8) is 0 Å². The molecule has 1 saturated heterocycles. The van der Waals surface area contributed by atoms with Gasteiger partial charge in [-0.2, -0.15) is 28.5 Å². The minimum atomic E-state index is -4.54. The minimum absolute atomic E-state index is 0.00291. The van der Waals surface area contributed by atoms with E-state index >= 15 is 8.78 Å². The van der Waals surface area contributed by atoms with E-state index in [-0.39, 0.29) is 58.1 Å². The molecule has 17 heteroatoms. The van der Waals surface area contributed by atoms with Crippen molar-refractivity contribution < 1.29 is 36.2 Å². The SMILES string of the molecule is COc1ncc(-c2cc(N3CC(Oc4cc5c(cn4)cnn5CC(F)(F)F)C(F)(F)C3)nc(C#N)n2)c(OC)n1. The first-order valence-corrected chi connectivity index (χ1v) is 11.4. The molecule has 0 aliphatic carbocycles. The lowest BCUT2D eigenvalue weighted by atomic mass is 10.2. The van der Waals surface area contributed by atoms with Crippen LogP contribution in [0.5, 0.6) is 17.8 Å². The third kappa shape index (κ3) is 5.32. The first-order chi connectivity index (χ1) is 19.0. The molecule has 1 aliphatic rings. The Morgan fingerprint density at radius 1 is 1.07 bits per heavy atom. The molecule has 4 aromatic rings. The largest absolute Gasteiger partial charge is 0.480 e. The summed E-state index contributed by atoms with van der Waals surface area (Å²) >= 11 is 0. The van der Waals surface area contributed by atoms with Gasteiger partial charge in [-0.1, -0.05) is 0 Å². The van der Waals surface area contributed by atoms with Crippen LogP contribution in [0.3, 0.4) is 0 Å². The van der Waals surface area contributed by atoms with Gasteiger partial charge in [-0.3, -0.25) is 4.68 Å². The van der Waals surface area contributed by atoms with Gasteiger partial charge in [-0.15, -0.1) is 0 Å². The number of halogens is 5. The summed E-state index contributed by atoms with van der Waals surface area (Å²) < 4.78 is 85.2. The summed E-state index contributed by atoms with van der Waals surface area (Å²) in [4.78, 5) is 21.4. The summed E-state index contributed by atoms with van der Waals surface area (Å²) in [5.41, 5.74) is 0.421. The van der Waals surface area contributed by atoms with Gasteiger partial charge in [0.25, 0.3) is 0 Å². The highest BCUT2D eigenvalue weighted by Gasteiger charge is 2.51. The van der Waals surface area contributed by atoms with Crippen molar-refractivity contribution in [2.24, 2.45) is 0 Å². The first kappa shape index (κ1) is 26.7. The predicted octanol–water partition coefficient (Wildman–Crippen LogP) is 3.03. The van der Waals surface area contributed by atoms with Gasteiger partial charge in [0.05, 0.1) is 50.3 Å². The van der Waals surface area contributed by atoms with E-state index in [0.717, 1.165) is 6.07 Å². The van der Waals surface area contributed by atoms with Crippen molar-refractivity contribution in [2.75, 3.05) is 32.2 Å². The van der Waals surface area contributed by atoms with Crippen molar-refractivity contribution in [3.8, 4) is 35.1 Å². The Balaban J connectivity index is 1.43. The van der Waals surface area contributed by atoms with Gasteiger partial charge >= 0.3 is 18.1 Å². The minimum Gasteiger partial charge on any atom is -0.480 e. The number of methoxy groups -OCH3 is 2. The Kier molecular flexibility index (Phi) is 6.69. The molecular formula is C23H18F5N9O3. The number of hydrogen-bond acceptors (Lipinski definition) is 11. The highest BCUT2D eigenvalue weighted by atomic mass is 19.4. The lowest BCUT2D eigenvalue weighted by Gasteiger charge is -2.18. The zero-order valence-electron chi connectivity index (χ0n) is 20.7. The number of pyridine rings is 1. The third-order valence-corrected chi connectivity index (χ3v) is 5.87. The van der Waals surface area contributed by atoms with Gasteiger partial charge < -0.3 is 19.1 Å². The molecule has 40 heavy (non-hydrogen) atoms. The molecule has 208 valence electrons. The normalized spacial score (nSPS) is 16.6. The van der Waals surface area contributed by atoms with Crippen molar-refractivity contribution in [3.05, 3.63) is 36.5 Å². The van der Waals surface area contributed by atoms with Crippen LogP contribution in [-0.2, 0) is 6.54 Å². The Morgan fingerprint density at radius 3 is 2.58 bits per heavy atom. The van der Waals surface area contributed by atoms with Gasteiger partial charge in [0, 0.05) is 29.9 Å². The van der Waals surface area contributed by atoms with Crippen LogP contribution < -0.4 is 19.1 Å². The predicted molar refractivity (Wildman–Crippen MR) is 126 cm³/mol. The molecule has 0 radical (unpaired) electrons. The van der Waals surface area contributed by atoms with E-state index in [4.69, 9.17) is 14.2 Å². The quantitative estimate of drug-likeness (QED) is 0.307. The number of nitriles is 1. The molecule has 0 N–H and O–H groups in total. The molecule has 12 nitrogen and oxygen atoms in total. The van der Waals surface area contributed by atoms with Crippen molar-refractivity contribution in [2.45, 2.75) is 24.7 Å². The van der Waals surface area contributed by atoms with Crippen LogP contribution in [0.2, 0.25) is 0 Å². The van der Waals surface area contributed by atoms with Gasteiger partial charge in [-0.25, -0.2) is 28.7 Å². The van der Waals surface area contributed by atoms with Crippen LogP contribution >= 0.6 is 0 Å². The van der Waals surface area contributed by atoms with E-state index < -0.39 is 31.3 Å². The maximum Gasteiger partial charge on any atom is 0.408 e. The lowest BCUT2D eigenvalue weighted by molar-refractivity contribution is -0.141. The number of nitrogens with zero attached hydrogens (tertiary/aromatic N) is 9. The van der Waals surface area contributed by atoms with Gasteiger partial charge in [0.15, 0.2) is 6.10 Å². The summed E-state index contributed by atoms with van der Waals surface area (Å²) in [6, 6.07) is 4.31. The van der Waals surface area contributed by atoms with Gasteiger partial charge in [-0.05, 0) is 0 Å². The molecule has 0 aromatic carbocycles. The number of hydrogen-bond donors (Lipinski definition) is 0. The van der Waals surface area contributed by atoms with E-state index in [9.17, 15) is 18.4 Å². The van der Waals surface area contributed by atoms with Crippen LogP contribution in [0, 0.1) is 11.3 Å². The number of ether oxygens (including phenoxy) is 3. The fourth-order valence-electron chi connectivity index (χ4n) is 4.08. The number of rotatable bonds is 7. The van der Waals surface area contributed by atoms with E-state index in [1.165, 1.54) is 43.8 Å². The molecule has 0 saturated carbocycles. The number of fused-ring (bicyclic) bond motifs is 1. The second-order valence-corrected chi connectivity index (χ2v) is 8.57. The second-order valence-electron chi connectivity index (χ2n) is 8.57. The zero-order valence-corrected chi connectivity index (χ0v) is 20.7. The molecular weight excluding hydrogens is 545 g/mol. The van der Waals surface area contributed by atoms with E-state index in [2.05, 4.69) is 30.0 Å². The Bertz CT molecular complexity index is 1610. The molecule has 1 unspecified atom stereocenters. The standard InChI is InChI=1S/C23H18F5N9O3/c1-38-20-13(8-31-21(35-20)39-2)14-3-18(34-17(5-29)33-14)36-9-16(22(24,25)10-36)40-19-4-15-12(6-30-19)7-32-37(15)11-23(26,27)28/h3-4,6-8,16H,9-11H2,1-2H3. The topological polar surface area (TPSA) is 137 Å². The van der Waals surface area contributed by atoms with Crippen LogP contribution in [0.15, 0.2) is 30.7 Å². The Hall–Kier alpha value is -4.88. The average molecular weight is 563 g/mol. The highest BCUT2D eigenvalue weighted by Crippen LogP contribution is 2.36. The molecule has 5 rings (SSSR count). The summed E-state index contributed by atoms with van der Waals surface area (Å²) in [6.45, 7) is -2.58. The molecule has 0 bridgehead atoms. The van der Waals surface area contributed by atoms with Gasteiger partial charge in [0.1, 0.15) is 18.4 Å². The summed E-state index contributed by atoms with van der Waals surface area (Å²) in [5.74, 6) is -3.95. The summed E-state index contributed by atoms with van der Waals surface area (Å²) in [7, 11) is 2.71. The van der Waals surface area contributed by atoms with Crippen molar-refractivity contribution >= 4 is 16.7 Å². The molecule has 1 fully saturated rings. The molecule has 1 aliphatic heterocycles. The smallest absolute Gasteiger partial charge is 0.408 e. The van der Waals surface area contributed by atoms with Gasteiger partial charge in [0.2, 0.25) is 17.6 Å². The number of anilines is 1. The monoisotopic (exact) mass is 563 g/mol. The summed E-state index contributed by atoms with van der Waals surface area (Å²) in [6.07, 6.45) is -2.56. The average Bonchev–Trinajstić information content (AvgIpc) is 3.45. The Morgan fingerprint density at radius 2 is 1.88 bits per heavy atom. The van der Waals surface area contributed by atoms with E-state index in [1.807, 2.05) is 0 Å². The molecule has 1 atom stereocenters. The Labute approximate surface area is 222 Å². The third-order valence-electron chi connectivity index (χ3n) is 5.87. The lowest BCUT2D eigenvalue weighted by Crippen LogP contribution is -2.36. The maximum atomic E-state index is 15.1. The van der Waals surface area contributed by atoms with Crippen LogP contribution in [0.1, 0.15) is 5.82 Å². The maximum absolute atomic E-state index is 15.1. The second kappa shape index (κ2) is 10.0. The number of aromatic nitrogens is 7. The first-order valence-electron chi connectivity index (χ1n) is 11.4. The highest BCUT2D eigenvalue weighted by molar-refractivity contribution is 5.78. The van der Waals surface area contributed by atoms with Crippen molar-refractivity contribution in [1.82, 2.24) is 34.7 Å². The zero-order chi connectivity index (χ0) is 28.7. The number of alkyl halides is 5. The van der Waals surface area contributed by atoms with E-state index in [1.54, 1.807) is 6.07 Å². The fourth-order valence-corrected chi connectivity index (χ4v) is 4.08. The summed E-state index contributed by atoms with van der Waals surface area (Å²) in [5, 5.41) is 13.4. The molecule has 4 aromatic heterocycles. The van der Waals surface area contributed by atoms with Crippen LogP contribution in [0.25, 0.3) is 22.2 Å². The van der Waals surface area contributed by atoms with E-state index in [0.29, 0.717) is 4.68 Å². The molecule has 0 amide bonds. The van der Waals surface area contributed by atoms with Crippen molar-refractivity contribution in [1.29, 1.82) is 5.26 Å². The molecule has 5 heterocycles. The van der Waals surface area contributed by atoms with Crippen LogP contribution in [-0.4, -0.2) is 80.2 Å². The molecule has 0 spiro atoms. The fraction of sp³-hybridized carbons (Fsp3) is 0.348.